The molecule has 0 N–H and O–H groups in total. The van der Waals surface area contributed by atoms with E-state index in [2.05, 4.69) is 115 Å². The lowest BCUT2D eigenvalue weighted by atomic mass is 10.3. The van der Waals surface area contributed by atoms with Crippen LogP contribution in [0.2, 0.25) is 0 Å². The molecule has 6 rings (SSSR count). The van der Waals surface area contributed by atoms with Gasteiger partial charge < -0.3 is 0 Å². The van der Waals surface area contributed by atoms with Crippen molar-refractivity contribution >= 4 is 184 Å². The van der Waals surface area contributed by atoms with Crippen molar-refractivity contribution in [2.75, 3.05) is 148 Å². The number of carbonyl (C=O) groups is 6. The summed E-state index contributed by atoms with van der Waals surface area (Å²) in [5.41, 5.74) is 0. The summed E-state index contributed by atoms with van der Waals surface area (Å²) in [7, 11) is 0. The minimum absolute atomic E-state index is 0.0908. The first-order valence-corrected chi connectivity index (χ1v) is 34.4. The van der Waals surface area contributed by atoms with Crippen LogP contribution in [0.3, 0.4) is 0 Å². The molecule has 6 aliphatic rings. The monoisotopic (exact) mass is 1240 g/mol. The lowest BCUT2D eigenvalue weighted by Crippen LogP contribution is -2.48. The van der Waals surface area contributed by atoms with E-state index in [1.54, 1.807) is 76.4 Å². The topological polar surface area (TPSA) is 141 Å². The summed E-state index contributed by atoms with van der Waals surface area (Å²) >= 11 is 42.8. The van der Waals surface area contributed by atoms with Crippen molar-refractivity contribution in [2.45, 2.75) is 79.3 Å². The summed E-state index contributed by atoms with van der Waals surface area (Å²) in [5.74, 6) is 6.47. The zero-order valence-corrected chi connectivity index (χ0v) is 52.2. The van der Waals surface area contributed by atoms with Crippen LogP contribution in [0.25, 0.3) is 0 Å². The van der Waals surface area contributed by atoms with Gasteiger partial charge in [0.25, 0.3) is 0 Å². The molecule has 30 heteroatoms. The van der Waals surface area contributed by atoms with Crippen molar-refractivity contribution in [1.29, 1.82) is 0 Å². The fourth-order valence-corrected chi connectivity index (χ4v) is 17.9. The van der Waals surface area contributed by atoms with Crippen LogP contribution >= 0.6 is 148 Å². The molecule has 0 saturated carbocycles. The highest BCUT2D eigenvalue weighted by Gasteiger charge is 2.61. The quantitative estimate of drug-likeness (QED) is 0.0299. The standard InChI is InChI=1S/C43H76N12O6S12/c1-3-5-31(72-28-16-54-35-33(47(9-21-65)41(54)59)45(7-19-63)39(57)49(35)11-23-67)73-29-17-55-37-36(50(12-24-68)43(55)61)53(42(60)51(37)13-25-69)15-27-71-30(4-2)70-26-14-52-34-32(46(8-20-64)40(52)58)44(6-18-62)38(56)48(34)10-22-66/h30-37,62-69H,3-29H2,1-2H3/t30-,31?,32?,33?,34?,35?,36?,37?/m1/s1. The number of amides is 12. The van der Waals surface area contributed by atoms with Crippen molar-refractivity contribution in [3.05, 3.63) is 0 Å². The lowest BCUT2D eigenvalue weighted by molar-refractivity contribution is 0.136. The Bertz CT molecular complexity index is 1860. The molecule has 0 spiro atoms. The number of fused-ring (bicyclic) bond motifs is 3. The van der Waals surface area contributed by atoms with Gasteiger partial charge in [-0.05, 0) is 12.8 Å². The molecular formula is C43H76N12O6S12. The molecule has 416 valence electrons. The van der Waals surface area contributed by atoms with Crippen LogP contribution < -0.4 is 0 Å². The van der Waals surface area contributed by atoms with Gasteiger partial charge in [0.1, 0.15) is 37.0 Å². The van der Waals surface area contributed by atoms with Gasteiger partial charge in [0.15, 0.2) is 0 Å². The predicted molar refractivity (Wildman–Crippen MR) is 329 cm³/mol. The molecule has 6 fully saturated rings. The highest BCUT2D eigenvalue weighted by atomic mass is 32.2. The molecule has 6 saturated heterocycles. The van der Waals surface area contributed by atoms with Gasteiger partial charge in [-0.2, -0.15) is 101 Å². The molecule has 12 amide bonds. The number of carbonyl (C=O) groups excluding carboxylic acids is 6. The number of hydrogen-bond donors (Lipinski definition) is 8. The maximum Gasteiger partial charge on any atom is 0.323 e. The number of thioether (sulfide) groups is 4. The van der Waals surface area contributed by atoms with Gasteiger partial charge in [-0.3, -0.25) is 58.8 Å². The largest absolute Gasteiger partial charge is 0.323 e. The van der Waals surface area contributed by atoms with Crippen molar-refractivity contribution in [2.24, 2.45) is 0 Å². The molecule has 0 aromatic heterocycles. The number of hydrogen-bond acceptors (Lipinski definition) is 18. The van der Waals surface area contributed by atoms with Crippen molar-refractivity contribution in [1.82, 2.24) is 58.8 Å². The van der Waals surface area contributed by atoms with Crippen LogP contribution in [0, 0.1) is 0 Å². The number of urea groups is 6. The molecular weight excluding hydrogens is 1170 g/mol. The van der Waals surface area contributed by atoms with E-state index in [-0.39, 0.29) is 45.4 Å². The van der Waals surface area contributed by atoms with Crippen LogP contribution in [-0.2, 0) is 0 Å². The van der Waals surface area contributed by atoms with E-state index >= 15 is 0 Å². The lowest BCUT2D eigenvalue weighted by Gasteiger charge is -2.30. The summed E-state index contributed by atoms with van der Waals surface area (Å²) in [6.45, 7) is 9.57. The summed E-state index contributed by atoms with van der Waals surface area (Å²) in [6, 6.07) is -0.593. The Labute approximate surface area is 494 Å². The molecule has 0 aromatic rings. The maximum absolute atomic E-state index is 14.4. The highest BCUT2D eigenvalue weighted by Crippen LogP contribution is 2.40. The first-order chi connectivity index (χ1) is 35.4. The molecule has 0 bridgehead atoms. The first-order valence-electron chi connectivity index (χ1n) is 25.2. The van der Waals surface area contributed by atoms with E-state index in [1.807, 2.05) is 29.4 Å². The average Bonchev–Trinajstić information content (AvgIpc) is 4.12. The summed E-state index contributed by atoms with van der Waals surface area (Å²) < 4.78 is 0.400. The second-order valence-electron chi connectivity index (χ2n) is 17.8. The minimum Gasteiger partial charge on any atom is -0.299 e. The van der Waals surface area contributed by atoms with E-state index in [0.29, 0.717) is 148 Å². The SMILES string of the molecule is CCCC(SCCN1C(=O)N(CCS)C2C1N(CCS)C(=O)N2CCS)SCCN1C(=O)N(CCS)C2C1N(CCS)C(=O)N2CCS[C@H](CC)SCCN1C(=O)N(CCS)C2C1N(CCS)C(=O)N2CCS. The third kappa shape index (κ3) is 13.5. The van der Waals surface area contributed by atoms with Gasteiger partial charge in [0.2, 0.25) is 0 Å². The summed E-state index contributed by atoms with van der Waals surface area (Å²) in [6.07, 6.45) is 0.234. The zero-order chi connectivity index (χ0) is 52.9. The van der Waals surface area contributed by atoms with Gasteiger partial charge >= 0.3 is 36.2 Å². The Hall–Kier alpha value is -0.180. The molecule has 0 aromatic carbocycles. The molecule has 6 heterocycles. The molecule has 6 aliphatic heterocycles. The Morgan fingerprint density at radius 1 is 0.315 bits per heavy atom. The Morgan fingerprint density at radius 3 is 0.658 bits per heavy atom. The number of thiol groups is 8. The molecule has 0 radical (unpaired) electrons. The van der Waals surface area contributed by atoms with E-state index in [1.165, 1.54) is 0 Å². The van der Waals surface area contributed by atoms with E-state index < -0.39 is 37.0 Å². The van der Waals surface area contributed by atoms with Crippen LogP contribution in [0.1, 0.15) is 33.1 Å². The van der Waals surface area contributed by atoms with Crippen molar-refractivity contribution < 1.29 is 28.8 Å². The second-order valence-corrected chi connectivity index (χ2v) is 27.2. The normalized spacial score (nSPS) is 24.9. The fraction of sp³-hybridized carbons (Fsp3) is 0.860. The Morgan fingerprint density at radius 2 is 0.493 bits per heavy atom. The first kappa shape index (κ1) is 62.0. The minimum atomic E-state index is -0.464. The van der Waals surface area contributed by atoms with Gasteiger partial charge in [0.05, 0.1) is 9.16 Å². The van der Waals surface area contributed by atoms with Crippen molar-refractivity contribution in [3.8, 4) is 0 Å². The van der Waals surface area contributed by atoms with Crippen LogP contribution in [-0.4, -0.2) is 289 Å². The summed E-state index contributed by atoms with van der Waals surface area (Å²) in [4.78, 5) is 105. The zero-order valence-electron chi connectivity index (χ0n) is 41.7. The van der Waals surface area contributed by atoms with E-state index in [4.69, 9.17) is 0 Å². The van der Waals surface area contributed by atoms with Gasteiger partial charge in [0, 0.05) is 148 Å². The number of rotatable bonds is 35. The highest BCUT2D eigenvalue weighted by molar-refractivity contribution is 8.17. The molecule has 73 heavy (non-hydrogen) atoms. The van der Waals surface area contributed by atoms with Crippen molar-refractivity contribution in [3.63, 3.8) is 0 Å². The van der Waals surface area contributed by atoms with Crippen LogP contribution in [0.5, 0.6) is 0 Å². The van der Waals surface area contributed by atoms with Crippen LogP contribution in [0.15, 0.2) is 0 Å². The third-order valence-electron chi connectivity index (χ3n) is 13.7. The molecule has 0 aliphatic carbocycles. The van der Waals surface area contributed by atoms with Gasteiger partial charge in [-0.1, -0.05) is 20.3 Å². The predicted octanol–water partition coefficient (Wildman–Crippen LogP) is 5.60. The molecule has 7 unspecified atom stereocenters. The molecule has 8 atom stereocenters. The van der Waals surface area contributed by atoms with Gasteiger partial charge in [-0.15, -0.1) is 47.0 Å². The summed E-state index contributed by atoms with van der Waals surface area (Å²) in [5, 5.41) is 0. The smallest absolute Gasteiger partial charge is 0.299 e. The third-order valence-corrected chi connectivity index (χ3v) is 21.2. The Balaban J connectivity index is 1.05. The molecule has 18 nitrogen and oxygen atoms in total. The van der Waals surface area contributed by atoms with E-state index in [9.17, 15) is 28.8 Å². The van der Waals surface area contributed by atoms with Gasteiger partial charge in [-0.25, -0.2) is 28.8 Å². The van der Waals surface area contributed by atoms with Crippen LogP contribution in [0.4, 0.5) is 28.8 Å². The fourth-order valence-electron chi connectivity index (χ4n) is 10.7. The average molecular weight is 1240 g/mol. The number of nitrogens with zero attached hydrogens (tertiary/aromatic N) is 12. The second kappa shape index (κ2) is 30.4. The van der Waals surface area contributed by atoms with E-state index in [0.717, 1.165) is 19.3 Å². The Kier molecular flexibility index (Phi) is 25.8. The maximum atomic E-state index is 14.4.